The van der Waals surface area contributed by atoms with E-state index in [-0.39, 0.29) is 29.3 Å². The van der Waals surface area contributed by atoms with E-state index in [0.29, 0.717) is 55.2 Å². The Bertz CT molecular complexity index is 1630. The highest BCUT2D eigenvalue weighted by atomic mass is 19.4. The van der Waals surface area contributed by atoms with E-state index in [4.69, 9.17) is 5.73 Å². The number of hydrogen-bond acceptors (Lipinski definition) is 6. The Morgan fingerprint density at radius 1 is 1.07 bits per heavy atom. The number of nitrogens with one attached hydrogen (secondary N) is 3. The summed E-state index contributed by atoms with van der Waals surface area (Å²) in [6.07, 6.45) is -0.978. The molecule has 1 fully saturated rings. The Labute approximate surface area is 237 Å². The second kappa shape index (κ2) is 11.5. The minimum atomic E-state index is -4.61. The molecule has 0 unspecified atom stereocenters. The zero-order valence-corrected chi connectivity index (χ0v) is 22.4. The van der Waals surface area contributed by atoms with Crippen molar-refractivity contribution >= 4 is 34.9 Å². The lowest BCUT2D eigenvalue weighted by atomic mass is 9.93. The average molecular weight is 586 g/mol. The number of fused-ring (bicyclic) bond motifs is 1. The van der Waals surface area contributed by atoms with Gasteiger partial charge >= 0.3 is 18.2 Å². The van der Waals surface area contributed by atoms with Crippen molar-refractivity contribution in [2.45, 2.75) is 31.9 Å². The fourth-order valence-electron chi connectivity index (χ4n) is 4.97. The van der Waals surface area contributed by atoms with E-state index in [0.717, 1.165) is 18.0 Å². The van der Waals surface area contributed by atoms with Gasteiger partial charge in [-0.05, 0) is 55.7 Å². The van der Waals surface area contributed by atoms with Crippen LogP contribution in [0.2, 0.25) is 0 Å². The van der Waals surface area contributed by atoms with Crippen molar-refractivity contribution in [3.8, 4) is 11.1 Å². The van der Waals surface area contributed by atoms with Crippen LogP contribution in [0.15, 0.2) is 48.9 Å². The quantitative estimate of drug-likeness (QED) is 0.241. The molecule has 3 aromatic heterocycles. The Balaban J connectivity index is 1.36. The van der Waals surface area contributed by atoms with Crippen LogP contribution >= 0.6 is 0 Å². The summed E-state index contributed by atoms with van der Waals surface area (Å²) in [4.78, 5) is 34.1. The summed E-state index contributed by atoms with van der Waals surface area (Å²) in [6, 6.07) is 6.36. The van der Waals surface area contributed by atoms with Crippen molar-refractivity contribution in [1.29, 1.82) is 0 Å². The van der Waals surface area contributed by atoms with E-state index < -0.39 is 23.6 Å². The highest BCUT2D eigenvalue weighted by Crippen LogP contribution is 2.37. The summed E-state index contributed by atoms with van der Waals surface area (Å²) in [5.41, 5.74) is 7.39. The molecule has 0 spiro atoms. The van der Waals surface area contributed by atoms with Gasteiger partial charge in [-0.25, -0.2) is 28.5 Å². The number of carbonyl (C=O) groups is 2. The standard InChI is InChI=1S/C27H27F4N9O2/c1-2-33-26(42)39-9-6-15(7-10-39)21-13-18(23-24(32)35-14-36-40(21)23)16-3-4-20(19(28)11-16)37-25(41)38-22-12-17(5-8-34-22)27(29,30)31/h3-5,8,11-15H,2,6-7,9-10H2,1H3,(H,33,42)(H2,32,35,36)(H2,34,37,38,41). The number of likely N-dealkylation sites (tertiary alicyclic amines) is 1. The molecular weight excluding hydrogens is 558 g/mol. The summed E-state index contributed by atoms with van der Waals surface area (Å²) in [7, 11) is 0. The van der Waals surface area contributed by atoms with Gasteiger partial charge in [0.15, 0.2) is 5.82 Å². The van der Waals surface area contributed by atoms with Gasteiger partial charge in [-0.2, -0.15) is 18.3 Å². The van der Waals surface area contributed by atoms with Crippen LogP contribution in [0.25, 0.3) is 16.6 Å². The lowest BCUT2D eigenvalue weighted by Crippen LogP contribution is -2.44. The molecule has 1 aliphatic rings. The second-order valence-corrected chi connectivity index (χ2v) is 9.69. The van der Waals surface area contributed by atoms with Crippen LogP contribution in [0.4, 0.5) is 44.5 Å². The first-order valence-electron chi connectivity index (χ1n) is 13.1. The first kappa shape index (κ1) is 28.6. The number of halogens is 4. The normalized spacial score (nSPS) is 14.2. The van der Waals surface area contributed by atoms with Crippen LogP contribution in [0.1, 0.15) is 36.9 Å². The molecule has 5 N–H and O–H groups in total. The molecule has 42 heavy (non-hydrogen) atoms. The van der Waals surface area contributed by atoms with Gasteiger partial charge in [-0.1, -0.05) is 6.07 Å². The molecule has 0 radical (unpaired) electrons. The molecule has 220 valence electrons. The fraction of sp³-hybridized carbons (Fsp3) is 0.296. The molecule has 1 aliphatic heterocycles. The topological polar surface area (TPSA) is 143 Å². The largest absolute Gasteiger partial charge is 0.416 e. The van der Waals surface area contributed by atoms with Crippen LogP contribution in [0.3, 0.4) is 0 Å². The lowest BCUT2D eigenvalue weighted by molar-refractivity contribution is -0.137. The molecule has 1 saturated heterocycles. The van der Waals surface area contributed by atoms with Gasteiger partial charge in [-0.15, -0.1) is 0 Å². The minimum absolute atomic E-state index is 0.0603. The second-order valence-electron chi connectivity index (χ2n) is 9.69. The number of anilines is 3. The van der Waals surface area contributed by atoms with Crippen LogP contribution in [0.5, 0.6) is 0 Å². The first-order valence-corrected chi connectivity index (χ1v) is 13.1. The zero-order valence-electron chi connectivity index (χ0n) is 22.4. The third-order valence-corrected chi connectivity index (χ3v) is 7.00. The number of hydrogen-bond donors (Lipinski definition) is 4. The minimum Gasteiger partial charge on any atom is -0.382 e. The Kier molecular flexibility index (Phi) is 7.83. The average Bonchev–Trinajstić information content (AvgIpc) is 3.35. The summed E-state index contributed by atoms with van der Waals surface area (Å²) in [5.74, 6) is -0.877. The lowest BCUT2D eigenvalue weighted by Gasteiger charge is -2.31. The predicted molar refractivity (Wildman–Crippen MR) is 147 cm³/mol. The van der Waals surface area contributed by atoms with E-state index in [2.05, 4.69) is 31.0 Å². The van der Waals surface area contributed by atoms with Crippen molar-refractivity contribution < 1.29 is 27.2 Å². The van der Waals surface area contributed by atoms with E-state index in [1.54, 1.807) is 15.5 Å². The molecular formula is C27H27F4N9O2. The molecule has 1 aromatic carbocycles. The van der Waals surface area contributed by atoms with Gasteiger partial charge in [0.1, 0.15) is 23.5 Å². The van der Waals surface area contributed by atoms with Crippen molar-refractivity contribution in [2.75, 3.05) is 36.0 Å². The highest BCUT2D eigenvalue weighted by molar-refractivity contribution is 5.99. The van der Waals surface area contributed by atoms with Gasteiger partial charge in [0.2, 0.25) is 0 Å². The van der Waals surface area contributed by atoms with Gasteiger partial charge in [0.05, 0.1) is 11.3 Å². The number of pyridine rings is 1. The summed E-state index contributed by atoms with van der Waals surface area (Å²) in [5, 5.41) is 11.7. The van der Waals surface area contributed by atoms with Crippen LogP contribution in [-0.4, -0.2) is 56.2 Å². The zero-order chi connectivity index (χ0) is 30.0. The number of nitrogen functional groups attached to an aromatic ring is 1. The monoisotopic (exact) mass is 585 g/mol. The number of rotatable bonds is 5. The smallest absolute Gasteiger partial charge is 0.382 e. The van der Waals surface area contributed by atoms with Crippen LogP contribution in [0, 0.1) is 5.82 Å². The molecule has 15 heteroatoms. The first-order chi connectivity index (χ1) is 20.0. The molecule has 0 bridgehead atoms. The molecule has 4 amide bonds. The number of alkyl halides is 3. The molecule has 0 saturated carbocycles. The Hall–Kier alpha value is -4.95. The molecule has 5 rings (SSSR count). The summed E-state index contributed by atoms with van der Waals surface area (Å²) < 4.78 is 55.7. The van der Waals surface area contributed by atoms with Gasteiger partial charge < -0.3 is 21.3 Å². The van der Waals surface area contributed by atoms with E-state index >= 15 is 4.39 Å². The van der Waals surface area contributed by atoms with Crippen molar-refractivity contribution in [1.82, 2.24) is 29.8 Å². The highest BCUT2D eigenvalue weighted by Gasteiger charge is 2.31. The molecule has 11 nitrogen and oxygen atoms in total. The third-order valence-electron chi connectivity index (χ3n) is 7.00. The van der Waals surface area contributed by atoms with Crippen LogP contribution < -0.4 is 21.7 Å². The predicted octanol–water partition coefficient (Wildman–Crippen LogP) is 5.08. The van der Waals surface area contributed by atoms with Crippen molar-refractivity contribution in [2.24, 2.45) is 0 Å². The van der Waals surface area contributed by atoms with Gasteiger partial charge in [0.25, 0.3) is 0 Å². The number of benzene rings is 1. The van der Waals surface area contributed by atoms with E-state index in [1.165, 1.54) is 18.5 Å². The van der Waals surface area contributed by atoms with Crippen molar-refractivity contribution in [3.05, 3.63) is 66.0 Å². The van der Waals surface area contributed by atoms with Crippen LogP contribution in [-0.2, 0) is 6.18 Å². The van der Waals surface area contributed by atoms with Crippen molar-refractivity contribution in [3.63, 3.8) is 0 Å². The molecule has 4 heterocycles. The van der Waals surface area contributed by atoms with E-state index in [9.17, 15) is 22.8 Å². The van der Waals surface area contributed by atoms with E-state index in [1.807, 2.05) is 13.0 Å². The number of urea groups is 2. The number of aromatic nitrogens is 4. The SMILES string of the molecule is CCNC(=O)N1CCC(c2cc(-c3ccc(NC(=O)Nc4cc(C(F)(F)F)ccn4)c(F)c3)c3c(N)ncnn23)CC1. The maximum absolute atomic E-state index is 15.2. The number of carbonyl (C=O) groups excluding carboxylic acids is 2. The maximum atomic E-state index is 15.2. The summed E-state index contributed by atoms with van der Waals surface area (Å²) in [6.45, 7) is 3.53. The fourth-order valence-corrected chi connectivity index (χ4v) is 4.97. The molecule has 4 aromatic rings. The third kappa shape index (κ3) is 5.89. The molecule has 0 atom stereocenters. The Morgan fingerprint density at radius 2 is 1.83 bits per heavy atom. The molecule has 0 aliphatic carbocycles. The number of nitrogens with two attached hydrogens (primary N) is 1. The van der Waals surface area contributed by atoms with Gasteiger partial charge in [-0.3, -0.25) is 5.32 Å². The summed E-state index contributed by atoms with van der Waals surface area (Å²) >= 11 is 0. The Morgan fingerprint density at radius 3 is 2.52 bits per heavy atom. The number of piperidine rings is 1. The number of nitrogens with zero attached hydrogens (tertiary/aromatic N) is 5. The number of amides is 4. The maximum Gasteiger partial charge on any atom is 0.416 e. The van der Waals surface area contributed by atoms with Gasteiger partial charge in [0, 0.05) is 43.0 Å².